The Bertz CT molecular complexity index is 1600. The highest BCUT2D eigenvalue weighted by Crippen LogP contribution is 2.15. The summed E-state index contributed by atoms with van der Waals surface area (Å²) in [4.78, 5) is 38.3. The fraction of sp³-hybridized carbons (Fsp3) is 0.676. The number of unbranched alkanes of at least 4 members (excludes halogenated alkanes) is 26. The van der Waals surface area contributed by atoms with Crippen LogP contribution in [-0.4, -0.2) is 37.2 Å². The Hall–Kier alpha value is -4.19. The average Bonchev–Trinajstić information content (AvgIpc) is 3.43. The van der Waals surface area contributed by atoms with Crippen LogP contribution in [0.4, 0.5) is 0 Å². The maximum atomic E-state index is 12.9. The molecule has 0 amide bonds. The minimum atomic E-state index is -0.806. The predicted octanol–water partition coefficient (Wildman–Crippen LogP) is 22.0. The van der Waals surface area contributed by atoms with Gasteiger partial charge in [-0.05, 0) is 128 Å². The molecule has 0 aromatic heterocycles. The number of ether oxygens (including phenoxy) is 3. The SMILES string of the molecule is CC/C=C\C/C=C\C/C=C\C/C=C\C/C=C\CCCCCCCCCC(=O)OCC(COC(=O)CCCC/C=C\C/C=C\C/C=C\C/C=C\CC)OC(=O)CCCCCCCCCCC/C=C\CCCCCCCCCC. The van der Waals surface area contributed by atoms with Crippen molar-refractivity contribution in [3.63, 3.8) is 0 Å². The molecule has 0 aliphatic rings. The van der Waals surface area contributed by atoms with Crippen molar-refractivity contribution in [3.8, 4) is 0 Å². The molecule has 438 valence electrons. The zero-order valence-corrected chi connectivity index (χ0v) is 50.2. The Morgan fingerprint density at radius 1 is 0.273 bits per heavy atom. The van der Waals surface area contributed by atoms with Crippen molar-refractivity contribution in [2.24, 2.45) is 0 Å². The predicted molar refractivity (Wildman–Crippen MR) is 334 cm³/mol. The van der Waals surface area contributed by atoms with Crippen molar-refractivity contribution in [1.29, 1.82) is 0 Å². The summed E-state index contributed by atoms with van der Waals surface area (Å²) in [6, 6.07) is 0. The molecule has 6 heteroatoms. The summed E-state index contributed by atoms with van der Waals surface area (Å²) >= 11 is 0. The van der Waals surface area contributed by atoms with Crippen LogP contribution in [0.1, 0.15) is 290 Å². The zero-order chi connectivity index (χ0) is 55.7. The van der Waals surface area contributed by atoms with E-state index in [0.29, 0.717) is 19.3 Å². The molecule has 0 aromatic carbocycles. The van der Waals surface area contributed by atoms with Crippen molar-refractivity contribution < 1.29 is 28.6 Å². The summed E-state index contributed by atoms with van der Waals surface area (Å²) < 4.78 is 16.9. The summed E-state index contributed by atoms with van der Waals surface area (Å²) in [7, 11) is 0. The minimum Gasteiger partial charge on any atom is -0.462 e. The molecule has 0 bridgehead atoms. The molecule has 0 saturated carbocycles. The van der Waals surface area contributed by atoms with E-state index in [0.717, 1.165) is 122 Å². The molecular weight excluding hydrogens is 949 g/mol. The van der Waals surface area contributed by atoms with Gasteiger partial charge in [-0.1, -0.05) is 264 Å². The third kappa shape index (κ3) is 62.5. The summed E-state index contributed by atoms with van der Waals surface area (Å²) in [5.74, 6) is -0.950. The highest BCUT2D eigenvalue weighted by molar-refractivity contribution is 5.71. The maximum Gasteiger partial charge on any atom is 0.306 e. The first-order chi connectivity index (χ1) is 38.0. The molecule has 77 heavy (non-hydrogen) atoms. The van der Waals surface area contributed by atoms with E-state index >= 15 is 0 Å². The molecule has 0 saturated heterocycles. The Kier molecular flexibility index (Phi) is 60.8. The third-order valence-electron chi connectivity index (χ3n) is 13.4. The first-order valence-corrected chi connectivity index (χ1v) is 32.0. The van der Waals surface area contributed by atoms with E-state index in [1.807, 2.05) is 0 Å². The Morgan fingerprint density at radius 3 is 0.831 bits per heavy atom. The zero-order valence-electron chi connectivity index (χ0n) is 50.2. The van der Waals surface area contributed by atoms with Gasteiger partial charge in [-0.25, -0.2) is 0 Å². The summed E-state index contributed by atoms with van der Waals surface area (Å²) in [5.41, 5.74) is 0. The molecule has 0 spiro atoms. The van der Waals surface area contributed by atoms with E-state index in [-0.39, 0.29) is 31.1 Å². The number of carbonyl (C=O) groups excluding carboxylic acids is 3. The number of allylic oxidation sites excluding steroid dienone is 20. The molecule has 0 rings (SSSR count). The standard InChI is InChI=1S/C71H118O6/c1-4-7-10-13-16-19-22-25-28-30-32-34-35-37-38-40-43-46-49-52-55-58-61-64-70(73)76-67-68(66-75-69(72)63-60-57-54-51-48-45-42-27-24-21-18-15-12-9-6-3)77-71(74)65-62-59-56-53-50-47-44-41-39-36-33-31-29-26-23-20-17-14-11-8-5-2/h7,9-10,12,16,18-19,21,25,27-28,31-34,37-38,42,48,51,68H,4-6,8,11,13-15,17,20,22-24,26,29-30,35-36,39-41,43-47,49-50,52-67H2,1-3H3/b10-7-,12-9-,19-16-,21-18-,28-25-,33-31-,34-32-,38-37-,42-27-,51-48-. The number of hydrogen-bond acceptors (Lipinski definition) is 6. The molecule has 0 aromatic rings. The van der Waals surface area contributed by atoms with E-state index in [1.165, 1.54) is 128 Å². The molecule has 0 fully saturated rings. The molecule has 0 N–H and O–H groups in total. The largest absolute Gasteiger partial charge is 0.462 e. The first kappa shape index (κ1) is 72.8. The van der Waals surface area contributed by atoms with Gasteiger partial charge in [0.15, 0.2) is 6.10 Å². The van der Waals surface area contributed by atoms with Crippen LogP contribution in [0.3, 0.4) is 0 Å². The molecular formula is C71H118O6. The van der Waals surface area contributed by atoms with Gasteiger partial charge >= 0.3 is 17.9 Å². The Morgan fingerprint density at radius 2 is 0.506 bits per heavy atom. The van der Waals surface area contributed by atoms with E-state index < -0.39 is 6.10 Å². The van der Waals surface area contributed by atoms with Gasteiger partial charge in [0.2, 0.25) is 0 Å². The van der Waals surface area contributed by atoms with Crippen LogP contribution >= 0.6 is 0 Å². The molecule has 1 atom stereocenters. The van der Waals surface area contributed by atoms with E-state index in [2.05, 4.69) is 142 Å². The Balaban J connectivity index is 4.43. The fourth-order valence-electron chi connectivity index (χ4n) is 8.69. The van der Waals surface area contributed by atoms with Gasteiger partial charge in [-0.2, -0.15) is 0 Å². The lowest BCUT2D eigenvalue weighted by molar-refractivity contribution is -0.167. The summed E-state index contributed by atoms with van der Waals surface area (Å²) in [5, 5.41) is 0. The molecule has 0 heterocycles. The number of esters is 3. The van der Waals surface area contributed by atoms with E-state index in [1.54, 1.807) is 0 Å². The minimum absolute atomic E-state index is 0.100. The number of carbonyl (C=O) groups is 3. The van der Waals surface area contributed by atoms with Crippen molar-refractivity contribution in [2.45, 2.75) is 297 Å². The van der Waals surface area contributed by atoms with Crippen LogP contribution in [0, 0.1) is 0 Å². The van der Waals surface area contributed by atoms with Gasteiger partial charge in [0.05, 0.1) is 0 Å². The average molecular weight is 1070 g/mol. The van der Waals surface area contributed by atoms with Gasteiger partial charge in [0, 0.05) is 19.3 Å². The third-order valence-corrected chi connectivity index (χ3v) is 13.4. The van der Waals surface area contributed by atoms with Crippen LogP contribution in [-0.2, 0) is 28.6 Å². The van der Waals surface area contributed by atoms with Crippen LogP contribution < -0.4 is 0 Å². The van der Waals surface area contributed by atoms with Gasteiger partial charge in [-0.3, -0.25) is 14.4 Å². The summed E-state index contributed by atoms with van der Waals surface area (Å²) in [6.45, 7) is 6.38. The number of rotatable bonds is 57. The fourth-order valence-corrected chi connectivity index (χ4v) is 8.69. The molecule has 0 aliphatic carbocycles. The molecule has 0 radical (unpaired) electrons. The normalized spacial score (nSPS) is 12.9. The summed E-state index contributed by atoms with van der Waals surface area (Å²) in [6.07, 6.45) is 89.2. The number of hydrogen-bond donors (Lipinski definition) is 0. The first-order valence-electron chi connectivity index (χ1n) is 32.0. The quantitative estimate of drug-likeness (QED) is 0.0261. The van der Waals surface area contributed by atoms with Gasteiger partial charge in [-0.15, -0.1) is 0 Å². The van der Waals surface area contributed by atoms with Gasteiger partial charge < -0.3 is 14.2 Å². The second-order valence-electron chi connectivity index (χ2n) is 20.9. The van der Waals surface area contributed by atoms with E-state index in [4.69, 9.17) is 14.2 Å². The lowest BCUT2D eigenvalue weighted by Gasteiger charge is -2.18. The second kappa shape index (κ2) is 64.3. The lowest BCUT2D eigenvalue weighted by Crippen LogP contribution is -2.30. The van der Waals surface area contributed by atoms with Gasteiger partial charge in [0.25, 0.3) is 0 Å². The van der Waals surface area contributed by atoms with Crippen LogP contribution in [0.2, 0.25) is 0 Å². The van der Waals surface area contributed by atoms with Crippen LogP contribution in [0.15, 0.2) is 122 Å². The van der Waals surface area contributed by atoms with Crippen LogP contribution in [0.25, 0.3) is 0 Å². The Labute approximate surface area is 475 Å². The van der Waals surface area contributed by atoms with Crippen molar-refractivity contribution in [3.05, 3.63) is 122 Å². The highest BCUT2D eigenvalue weighted by atomic mass is 16.6. The van der Waals surface area contributed by atoms with Crippen LogP contribution in [0.5, 0.6) is 0 Å². The topological polar surface area (TPSA) is 78.9 Å². The molecule has 1 unspecified atom stereocenters. The maximum absolute atomic E-state index is 12.9. The smallest absolute Gasteiger partial charge is 0.306 e. The lowest BCUT2D eigenvalue weighted by atomic mass is 10.1. The van der Waals surface area contributed by atoms with Crippen molar-refractivity contribution in [1.82, 2.24) is 0 Å². The monoisotopic (exact) mass is 1070 g/mol. The second-order valence-corrected chi connectivity index (χ2v) is 20.9. The molecule has 0 aliphatic heterocycles. The van der Waals surface area contributed by atoms with E-state index in [9.17, 15) is 14.4 Å². The highest BCUT2D eigenvalue weighted by Gasteiger charge is 2.19. The van der Waals surface area contributed by atoms with Crippen molar-refractivity contribution >= 4 is 17.9 Å². The van der Waals surface area contributed by atoms with Crippen molar-refractivity contribution in [2.75, 3.05) is 13.2 Å². The van der Waals surface area contributed by atoms with Gasteiger partial charge in [0.1, 0.15) is 13.2 Å². The molecule has 6 nitrogen and oxygen atoms in total.